The quantitative estimate of drug-likeness (QED) is 0.461. The molecular weight excluding hydrogens is 514 g/mol. The van der Waals surface area contributed by atoms with Gasteiger partial charge in [0.05, 0.1) is 25.2 Å². The van der Waals surface area contributed by atoms with Gasteiger partial charge >= 0.3 is 0 Å². The van der Waals surface area contributed by atoms with Gasteiger partial charge in [0.2, 0.25) is 5.91 Å². The Bertz CT molecular complexity index is 1350. The van der Waals surface area contributed by atoms with E-state index in [4.69, 9.17) is 19.9 Å². The Hall–Kier alpha value is -3.39. The molecule has 2 saturated heterocycles. The van der Waals surface area contributed by atoms with Crippen molar-refractivity contribution in [2.45, 2.75) is 43.7 Å². The third-order valence-corrected chi connectivity index (χ3v) is 9.15. The summed E-state index contributed by atoms with van der Waals surface area (Å²) in [4.78, 5) is 18.2. The number of nitrogens with zero attached hydrogens (tertiary/aromatic N) is 2. The number of ether oxygens (including phenoxy) is 3. The van der Waals surface area contributed by atoms with Gasteiger partial charge in [-0.25, -0.2) is 0 Å². The van der Waals surface area contributed by atoms with Crippen LogP contribution in [0.2, 0.25) is 0 Å². The van der Waals surface area contributed by atoms with Crippen LogP contribution in [0.4, 0.5) is 5.69 Å². The van der Waals surface area contributed by atoms with Crippen molar-refractivity contribution in [2.24, 2.45) is 5.73 Å². The molecule has 1 unspecified atom stereocenters. The van der Waals surface area contributed by atoms with Gasteiger partial charge < -0.3 is 24.8 Å². The zero-order valence-corrected chi connectivity index (χ0v) is 24.0. The number of carbonyl (C=O) groups is 1. The molecule has 3 aliphatic heterocycles. The van der Waals surface area contributed by atoms with E-state index in [0.717, 1.165) is 92.5 Å². The highest BCUT2D eigenvalue weighted by Crippen LogP contribution is 2.41. The van der Waals surface area contributed by atoms with Crippen LogP contribution in [-0.4, -0.2) is 70.0 Å². The van der Waals surface area contributed by atoms with Crippen LogP contribution in [0.15, 0.2) is 66.7 Å². The van der Waals surface area contributed by atoms with Crippen molar-refractivity contribution in [3.63, 3.8) is 0 Å². The number of hydrogen-bond acceptors (Lipinski definition) is 6. The first-order chi connectivity index (χ1) is 20.0. The zero-order valence-electron chi connectivity index (χ0n) is 24.0. The molecule has 41 heavy (non-hydrogen) atoms. The van der Waals surface area contributed by atoms with E-state index in [2.05, 4.69) is 71.4 Å². The van der Waals surface area contributed by atoms with Crippen molar-refractivity contribution in [1.82, 2.24) is 4.90 Å². The number of carbonyl (C=O) groups excluding carboxylic acids is 1. The van der Waals surface area contributed by atoms with Crippen molar-refractivity contribution in [3.05, 3.63) is 83.4 Å². The molecule has 0 spiro atoms. The van der Waals surface area contributed by atoms with Gasteiger partial charge in [0.25, 0.3) is 0 Å². The number of benzene rings is 3. The lowest BCUT2D eigenvalue weighted by molar-refractivity contribution is -0.124. The summed E-state index contributed by atoms with van der Waals surface area (Å²) in [5, 5.41) is 0. The van der Waals surface area contributed by atoms with Crippen LogP contribution in [0, 0.1) is 0 Å². The number of anilines is 1. The summed E-state index contributed by atoms with van der Waals surface area (Å²) in [6.07, 6.45) is 3.10. The number of hydrogen-bond donors (Lipinski definition) is 1. The molecule has 3 heterocycles. The molecule has 7 heteroatoms. The lowest BCUT2D eigenvalue weighted by atomic mass is 9.71. The molecule has 0 saturated carbocycles. The Morgan fingerprint density at radius 2 is 1.63 bits per heavy atom. The zero-order chi connectivity index (χ0) is 28.2. The summed E-state index contributed by atoms with van der Waals surface area (Å²) in [5.41, 5.74) is 12.1. The molecule has 0 aliphatic carbocycles. The van der Waals surface area contributed by atoms with E-state index in [1.54, 1.807) is 0 Å². The first kappa shape index (κ1) is 27.8. The Labute approximate surface area is 243 Å². The van der Waals surface area contributed by atoms with Crippen molar-refractivity contribution in [2.75, 3.05) is 58.1 Å². The number of rotatable bonds is 7. The maximum Gasteiger partial charge on any atom is 0.228 e. The minimum absolute atomic E-state index is 0.296. The van der Waals surface area contributed by atoms with Crippen LogP contribution in [-0.2, 0) is 32.6 Å². The third kappa shape index (κ3) is 5.85. The van der Waals surface area contributed by atoms with E-state index < -0.39 is 5.41 Å². The third-order valence-electron chi connectivity index (χ3n) is 9.15. The number of morpholine rings is 1. The molecule has 3 aromatic rings. The predicted octanol–water partition coefficient (Wildman–Crippen LogP) is 4.55. The first-order valence-corrected chi connectivity index (χ1v) is 14.9. The Balaban J connectivity index is 1.30. The predicted molar refractivity (Wildman–Crippen MR) is 161 cm³/mol. The van der Waals surface area contributed by atoms with Crippen LogP contribution in [0.25, 0.3) is 11.1 Å². The maximum atomic E-state index is 13.4. The van der Waals surface area contributed by atoms with Crippen LogP contribution >= 0.6 is 0 Å². The summed E-state index contributed by atoms with van der Waals surface area (Å²) < 4.78 is 17.3. The van der Waals surface area contributed by atoms with Crippen LogP contribution in [0.5, 0.6) is 5.75 Å². The van der Waals surface area contributed by atoms with Crippen LogP contribution in [0.3, 0.4) is 0 Å². The van der Waals surface area contributed by atoms with Gasteiger partial charge in [-0.15, -0.1) is 0 Å². The number of nitrogens with two attached hydrogens (primary N) is 1. The van der Waals surface area contributed by atoms with Crippen LogP contribution < -0.4 is 15.4 Å². The minimum Gasteiger partial charge on any atom is -0.493 e. The molecule has 7 nitrogen and oxygen atoms in total. The van der Waals surface area contributed by atoms with Crippen molar-refractivity contribution >= 4 is 11.6 Å². The highest BCUT2D eigenvalue weighted by molar-refractivity contribution is 5.88. The SMILES string of the molecule is CN(Cc1ccccc1C1(C(N)=O)CCOc2ccc(-c3ccc(N4CCOCC4)cc3)cc2C1)C1CCOCC1. The molecule has 3 aromatic carbocycles. The average Bonchev–Trinajstić information content (AvgIpc) is 3.22. The molecule has 6 rings (SSSR count). The summed E-state index contributed by atoms with van der Waals surface area (Å²) in [7, 11) is 2.17. The molecule has 1 amide bonds. The van der Waals surface area contributed by atoms with Crippen molar-refractivity contribution in [1.29, 1.82) is 0 Å². The van der Waals surface area contributed by atoms with Gasteiger partial charge in [-0.2, -0.15) is 0 Å². The van der Waals surface area contributed by atoms with Gasteiger partial charge in [-0.05, 0) is 78.4 Å². The molecule has 216 valence electrons. The molecule has 1 atom stereocenters. The second kappa shape index (κ2) is 12.2. The lowest BCUT2D eigenvalue weighted by Crippen LogP contribution is -2.45. The minimum atomic E-state index is -0.850. The van der Waals surface area contributed by atoms with Crippen molar-refractivity contribution < 1.29 is 19.0 Å². The smallest absolute Gasteiger partial charge is 0.228 e. The number of amides is 1. The Kier molecular flexibility index (Phi) is 8.28. The standard InChI is InChI=1S/C34H41N3O4/c1-36(29-12-17-39-18-13-29)24-27-4-2-3-5-31(27)34(33(35)38)14-19-41-32-11-8-26(22-28(32)23-34)25-6-9-30(10-7-25)37-15-20-40-21-16-37/h2-11,22,29H,12-21,23-24H2,1H3,(H2,35,38). The number of primary amides is 1. The van der Waals surface area contributed by atoms with Gasteiger partial charge in [0.1, 0.15) is 5.75 Å². The fourth-order valence-corrected chi connectivity index (χ4v) is 6.69. The van der Waals surface area contributed by atoms with Crippen molar-refractivity contribution in [3.8, 4) is 16.9 Å². The topological polar surface area (TPSA) is 77.3 Å². The molecule has 0 aromatic heterocycles. The van der Waals surface area contributed by atoms with Gasteiger partial charge in [-0.1, -0.05) is 42.5 Å². The monoisotopic (exact) mass is 555 g/mol. The van der Waals surface area contributed by atoms with Gasteiger partial charge in [-0.3, -0.25) is 9.69 Å². The van der Waals surface area contributed by atoms with E-state index in [-0.39, 0.29) is 5.91 Å². The lowest BCUT2D eigenvalue weighted by Gasteiger charge is -2.35. The second-order valence-electron chi connectivity index (χ2n) is 11.6. The average molecular weight is 556 g/mol. The fraction of sp³-hybridized carbons (Fsp3) is 0.441. The Morgan fingerprint density at radius 1 is 0.927 bits per heavy atom. The Morgan fingerprint density at radius 3 is 2.39 bits per heavy atom. The molecule has 2 N–H and O–H groups in total. The summed E-state index contributed by atoms with van der Waals surface area (Å²) in [5.74, 6) is 0.536. The maximum absolute atomic E-state index is 13.4. The largest absolute Gasteiger partial charge is 0.493 e. The van der Waals surface area contributed by atoms with E-state index in [1.807, 2.05) is 12.1 Å². The summed E-state index contributed by atoms with van der Waals surface area (Å²) in [6, 6.07) is 23.8. The summed E-state index contributed by atoms with van der Waals surface area (Å²) >= 11 is 0. The van der Waals surface area contributed by atoms with E-state index in [1.165, 1.54) is 5.69 Å². The molecular formula is C34H41N3O4. The highest BCUT2D eigenvalue weighted by atomic mass is 16.5. The highest BCUT2D eigenvalue weighted by Gasteiger charge is 2.42. The van der Waals surface area contributed by atoms with Gasteiger partial charge in [0, 0.05) is 51.0 Å². The second-order valence-corrected chi connectivity index (χ2v) is 11.6. The molecule has 0 bridgehead atoms. The number of fused-ring (bicyclic) bond motifs is 1. The van der Waals surface area contributed by atoms with E-state index in [0.29, 0.717) is 25.5 Å². The molecule has 0 radical (unpaired) electrons. The fourth-order valence-electron chi connectivity index (χ4n) is 6.69. The van der Waals surface area contributed by atoms with E-state index >= 15 is 0 Å². The summed E-state index contributed by atoms with van der Waals surface area (Å²) in [6.45, 7) is 6.16. The van der Waals surface area contributed by atoms with E-state index in [9.17, 15) is 4.79 Å². The first-order valence-electron chi connectivity index (χ1n) is 14.9. The molecule has 3 aliphatic rings. The van der Waals surface area contributed by atoms with Crippen LogP contribution in [0.1, 0.15) is 36.0 Å². The van der Waals surface area contributed by atoms with Gasteiger partial charge in [0.15, 0.2) is 0 Å². The normalized spacial score (nSPS) is 21.7. The molecule has 2 fully saturated rings.